The second-order valence-corrected chi connectivity index (χ2v) is 3.83. The molecule has 0 saturated carbocycles. The molecule has 13 heavy (non-hydrogen) atoms. The van der Waals surface area contributed by atoms with E-state index in [2.05, 4.69) is 18.3 Å². The lowest BCUT2D eigenvalue weighted by Crippen LogP contribution is -2.20. The first kappa shape index (κ1) is 8.82. The average Bonchev–Trinajstić information content (AvgIpc) is 2.49. The second kappa shape index (κ2) is 3.54. The van der Waals surface area contributed by atoms with Gasteiger partial charge < -0.3 is 4.42 Å². The fourth-order valence-electron chi connectivity index (χ4n) is 1.84. The number of furan rings is 1. The molecule has 1 fully saturated rings. The van der Waals surface area contributed by atoms with Crippen LogP contribution in [0.3, 0.4) is 0 Å². The number of piperidine rings is 1. The fraction of sp³-hybridized carbons (Fsp3) is 0.636. The largest absolute Gasteiger partial charge is 0.466 e. The Balaban J connectivity index is 2.14. The monoisotopic (exact) mass is 178 g/mol. The molecular formula is C11H16NO. The van der Waals surface area contributed by atoms with E-state index in [9.17, 15) is 0 Å². The van der Waals surface area contributed by atoms with E-state index >= 15 is 0 Å². The predicted molar refractivity (Wildman–Crippen MR) is 52.0 cm³/mol. The molecule has 0 aliphatic carbocycles. The van der Waals surface area contributed by atoms with Crippen LogP contribution < -0.4 is 5.32 Å². The van der Waals surface area contributed by atoms with E-state index in [1.807, 2.05) is 6.92 Å². The van der Waals surface area contributed by atoms with Crippen LogP contribution >= 0.6 is 0 Å². The Kier molecular flexibility index (Phi) is 2.40. The molecular weight excluding hydrogens is 162 g/mol. The maximum absolute atomic E-state index is 5.71. The third-order valence-corrected chi connectivity index (χ3v) is 2.86. The molecule has 2 nitrogen and oxygen atoms in total. The van der Waals surface area contributed by atoms with E-state index < -0.39 is 0 Å². The zero-order valence-corrected chi connectivity index (χ0v) is 8.34. The van der Waals surface area contributed by atoms with E-state index in [-0.39, 0.29) is 0 Å². The van der Waals surface area contributed by atoms with Crippen molar-refractivity contribution in [1.29, 1.82) is 0 Å². The third kappa shape index (κ3) is 1.78. The smallest absolute Gasteiger partial charge is 0.107 e. The molecule has 0 atom stereocenters. The molecule has 0 bridgehead atoms. The molecule has 1 radical (unpaired) electrons. The minimum atomic E-state index is 0.616. The Morgan fingerprint density at radius 3 is 2.54 bits per heavy atom. The molecule has 2 rings (SSSR count). The lowest BCUT2D eigenvalue weighted by atomic mass is 9.95. The molecule has 0 aromatic carbocycles. The Hall–Kier alpha value is -0.760. The van der Waals surface area contributed by atoms with Crippen LogP contribution in [-0.2, 0) is 0 Å². The molecule has 2 heterocycles. The summed E-state index contributed by atoms with van der Waals surface area (Å²) in [6, 6.07) is 2.19. The first-order valence-electron chi connectivity index (χ1n) is 4.97. The van der Waals surface area contributed by atoms with Gasteiger partial charge in [-0.2, -0.15) is 0 Å². The number of rotatable bonds is 1. The Morgan fingerprint density at radius 2 is 2.00 bits per heavy atom. The maximum Gasteiger partial charge on any atom is 0.107 e. The van der Waals surface area contributed by atoms with Gasteiger partial charge in [0.2, 0.25) is 0 Å². The van der Waals surface area contributed by atoms with Crippen molar-refractivity contribution < 1.29 is 4.42 Å². The van der Waals surface area contributed by atoms with Crippen LogP contribution in [0.4, 0.5) is 0 Å². The highest BCUT2D eigenvalue weighted by Crippen LogP contribution is 2.28. The van der Waals surface area contributed by atoms with Crippen molar-refractivity contribution in [3.05, 3.63) is 23.2 Å². The first-order chi connectivity index (χ1) is 6.27. The summed E-state index contributed by atoms with van der Waals surface area (Å²) in [4.78, 5) is 0. The van der Waals surface area contributed by atoms with Gasteiger partial charge in [-0.1, -0.05) is 0 Å². The van der Waals surface area contributed by atoms with Crippen LogP contribution in [-0.4, -0.2) is 13.1 Å². The van der Waals surface area contributed by atoms with E-state index in [0.717, 1.165) is 31.7 Å². The normalized spacial score (nSPS) is 19.2. The molecule has 0 spiro atoms. The van der Waals surface area contributed by atoms with Gasteiger partial charge in [0, 0.05) is 19.0 Å². The fourth-order valence-corrected chi connectivity index (χ4v) is 1.84. The summed E-state index contributed by atoms with van der Waals surface area (Å²) in [5.74, 6) is 2.85. The van der Waals surface area contributed by atoms with Gasteiger partial charge in [-0.05, 0) is 38.3 Å². The van der Waals surface area contributed by atoms with Gasteiger partial charge in [0.1, 0.15) is 11.5 Å². The molecule has 2 heteroatoms. The third-order valence-electron chi connectivity index (χ3n) is 2.86. The van der Waals surface area contributed by atoms with Crippen LogP contribution in [0, 0.1) is 13.8 Å². The number of nitrogens with zero attached hydrogens (tertiary/aromatic N) is 1. The van der Waals surface area contributed by atoms with Crippen LogP contribution in [0.15, 0.2) is 10.5 Å². The Morgan fingerprint density at radius 1 is 1.31 bits per heavy atom. The van der Waals surface area contributed by atoms with Crippen molar-refractivity contribution in [3.63, 3.8) is 0 Å². The molecule has 1 saturated heterocycles. The molecule has 0 N–H and O–H groups in total. The van der Waals surface area contributed by atoms with Crippen molar-refractivity contribution in [3.8, 4) is 0 Å². The molecule has 71 valence electrons. The van der Waals surface area contributed by atoms with Gasteiger partial charge in [-0.15, -0.1) is 0 Å². The van der Waals surface area contributed by atoms with Crippen LogP contribution in [0.2, 0.25) is 0 Å². The topological polar surface area (TPSA) is 27.2 Å². The minimum Gasteiger partial charge on any atom is -0.466 e. The Bertz CT molecular complexity index is 265. The quantitative estimate of drug-likeness (QED) is 0.648. The van der Waals surface area contributed by atoms with Gasteiger partial charge in [-0.3, -0.25) is 0 Å². The van der Waals surface area contributed by atoms with Gasteiger partial charge in [-0.25, -0.2) is 5.32 Å². The number of aryl methyl sites for hydroxylation is 2. The summed E-state index contributed by atoms with van der Waals surface area (Å²) in [5, 5.41) is 4.34. The lowest BCUT2D eigenvalue weighted by Gasteiger charge is -2.19. The predicted octanol–water partition coefficient (Wildman–Crippen LogP) is 2.38. The van der Waals surface area contributed by atoms with E-state index in [4.69, 9.17) is 4.42 Å². The number of hydrogen-bond donors (Lipinski definition) is 0. The molecule has 0 amide bonds. The van der Waals surface area contributed by atoms with Gasteiger partial charge in [0.25, 0.3) is 0 Å². The summed E-state index contributed by atoms with van der Waals surface area (Å²) >= 11 is 0. The van der Waals surface area contributed by atoms with E-state index in [1.54, 1.807) is 0 Å². The van der Waals surface area contributed by atoms with Crippen molar-refractivity contribution >= 4 is 0 Å². The summed E-state index contributed by atoms with van der Waals surface area (Å²) in [5.41, 5.74) is 1.28. The molecule has 0 unspecified atom stereocenters. The van der Waals surface area contributed by atoms with E-state index in [1.165, 1.54) is 11.3 Å². The van der Waals surface area contributed by atoms with Crippen LogP contribution in [0.25, 0.3) is 0 Å². The van der Waals surface area contributed by atoms with Gasteiger partial charge in [0.05, 0.1) is 0 Å². The number of hydrogen-bond acceptors (Lipinski definition) is 1. The molecule has 1 aromatic rings. The van der Waals surface area contributed by atoms with Crippen molar-refractivity contribution in [1.82, 2.24) is 5.32 Å². The lowest BCUT2D eigenvalue weighted by molar-refractivity contribution is 0.374. The SMILES string of the molecule is Cc1cc(C2CC[N]CC2)oc1C. The van der Waals surface area contributed by atoms with E-state index in [0.29, 0.717) is 5.92 Å². The highest BCUT2D eigenvalue weighted by atomic mass is 16.3. The van der Waals surface area contributed by atoms with Crippen LogP contribution in [0.5, 0.6) is 0 Å². The average molecular weight is 178 g/mol. The van der Waals surface area contributed by atoms with Gasteiger partial charge >= 0.3 is 0 Å². The summed E-state index contributed by atoms with van der Waals surface area (Å²) in [6.45, 7) is 6.15. The zero-order chi connectivity index (χ0) is 9.26. The van der Waals surface area contributed by atoms with Crippen LogP contribution in [0.1, 0.15) is 35.8 Å². The summed E-state index contributed by atoms with van der Waals surface area (Å²) in [6.07, 6.45) is 2.32. The molecule has 1 aromatic heterocycles. The van der Waals surface area contributed by atoms with Crippen molar-refractivity contribution in [2.75, 3.05) is 13.1 Å². The molecule has 1 aliphatic rings. The summed E-state index contributed by atoms with van der Waals surface area (Å²) in [7, 11) is 0. The Labute approximate surface area is 79.3 Å². The van der Waals surface area contributed by atoms with Crippen molar-refractivity contribution in [2.24, 2.45) is 0 Å². The highest BCUT2D eigenvalue weighted by molar-refractivity contribution is 5.21. The standard InChI is InChI=1S/C11H16NO/c1-8-7-11(13-9(8)2)10-3-5-12-6-4-10/h7,10H,3-6H2,1-2H3. The maximum atomic E-state index is 5.71. The van der Waals surface area contributed by atoms with Crippen molar-refractivity contribution in [2.45, 2.75) is 32.6 Å². The zero-order valence-electron chi connectivity index (χ0n) is 8.34. The summed E-state index contributed by atoms with van der Waals surface area (Å²) < 4.78 is 5.71. The molecule has 1 aliphatic heterocycles. The minimum absolute atomic E-state index is 0.616. The first-order valence-corrected chi connectivity index (χ1v) is 4.97. The van der Waals surface area contributed by atoms with Gasteiger partial charge in [0.15, 0.2) is 0 Å². The second-order valence-electron chi connectivity index (χ2n) is 3.83. The highest BCUT2D eigenvalue weighted by Gasteiger charge is 2.19.